The number of aliphatic imine (C=N–C) groups is 1. The smallest absolute Gasteiger partial charge is 0.191 e. The molecule has 0 bridgehead atoms. The number of guanidine groups is 1. The Bertz CT molecular complexity index is 458. The molecule has 1 atom stereocenters. The van der Waals surface area contributed by atoms with Crippen LogP contribution in [0.5, 0.6) is 5.75 Å². The van der Waals surface area contributed by atoms with Gasteiger partial charge in [0.15, 0.2) is 5.96 Å². The summed E-state index contributed by atoms with van der Waals surface area (Å²) in [5.74, 6) is 1.85. The van der Waals surface area contributed by atoms with Crippen LogP contribution in [-0.2, 0) is 6.42 Å². The number of benzene rings is 1. The number of nitrogens with zero attached hydrogens (tertiary/aromatic N) is 1. The molecule has 0 radical (unpaired) electrons. The molecule has 0 saturated heterocycles. The second kappa shape index (κ2) is 7.87. The Morgan fingerprint density at radius 2 is 2.05 bits per heavy atom. The zero-order valence-corrected chi connectivity index (χ0v) is 15.6. The minimum absolute atomic E-state index is 0. The van der Waals surface area contributed by atoms with Gasteiger partial charge >= 0.3 is 0 Å². The van der Waals surface area contributed by atoms with Crippen molar-refractivity contribution in [3.05, 3.63) is 29.8 Å². The summed E-state index contributed by atoms with van der Waals surface area (Å²) in [6.07, 6.45) is 1.08. The lowest BCUT2D eigenvalue weighted by Gasteiger charge is -2.24. The van der Waals surface area contributed by atoms with Crippen molar-refractivity contribution in [2.75, 3.05) is 13.1 Å². The summed E-state index contributed by atoms with van der Waals surface area (Å²) in [6, 6.07) is 8.21. The lowest BCUT2D eigenvalue weighted by Crippen LogP contribution is -2.48. The van der Waals surface area contributed by atoms with Crippen LogP contribution in [0.25, 0.3) is 0 Å². The molecule has 2 N–H and O–H groups in total. The number of hydrogen-bond acceptors (Lipinski definition) is 2. The molecule has 1 aliphatic heterocycles. The Labute approximate surface area is 144 Å². The number of fused-ring (bicyclic) bond motifs is 1. The minimum Gasteiger partial charge on any atom is -0.488 e. The maximum absolute atomic E-state index is 5.90. The molecule has 2 rings (SSSR count). The summed E-state index contributed by atoms with van der Waals surface area (Å²) < 4.78 is 5.90. The molecule has 118 valence electrons. The van der Waals surface area contributed by atoms with Crippen molar-refractivity contribution in [2.24, 2.45) is 4.99 Å². The van der Waals surface area contributed by atoms with Crippen LogP contribution in [-0.4, -0.2) is 30.7 Å². The van der Waals surface area contributed by atoms with E-state index in [1.54, 1.807) is 0 Å². The fourth-order valence-corrected chi connectivity index (χ4v) is 2.21. The van der Waals surface area contributed by atoms with Crippen LogP contribution < -0.4 is 15.4 Å². The summed E-state index contributed by atoms with van der Waals surface area (Å²) in [5.41, 5.74) is 1.28. The topological polar surface area (TPSA) is 45.7 Å². The third-order valence-electron chi connectivity index (χ3n) is 3.00. The van der Waals surface area contributed by atoms with Gasteiger partial charge in [0.2, 0.25) is 0 Å². The van der Waals surface area contributed by atoms with Gasteiger partial charge in [-0.15, -0.1) is 24.0 Å². The summed E-state index contributed by atoms with van der Waals surface area (Å²) in [4.78, 5) is 4.63. The van der Waals surface area contributed by atoms with E-state index in [1.165, 1.54) is 5.56 Å². The molecule has 0 aromatic heterocycles. The van der Waals surface area contributed by atoms with Gasteiger partial charge in [-0.25, -0.2) is 4.99 Å². The predicted octanol–water partition coefficient (Wildman–Crippen LogP) is 2.96. The molecule has 21 heavy (non-hydrogen) atoms. The maximum atomic E-state index is 5.90. The summed E-state index contributed by atoms with van der Waals surface area (Å²) in [5, 5.41) is 6.65. The van der Waals surface area contributed by atoms with Gasteiger partial charge in [-0.1, -0.05) is 18.2 Å². The van der Waals surface area contributed by atoms with Crippen molar-refractivity contribution in [3.63, 3.8) is 0 Å². The standard InChI is InChI=1S/C16H25N3O.HI/c1-5-17-15(19-16(2,3)4)18-11-13-10-12-8-6-7-9-14(12)20-13;/h6-9,13H,5,10-11H2,1-4H3,(H2,17,18,19);1H. The first-order valence-electron chi connectivity index (χ1n) is 7.29. The van der Waals surface area contributed by atoms with Crippen LogP contribution in [0, 0.1) is 0 Å². The van der Waals surface area contributed by atoms with Crippen LogP contribution in [0.4, 0.5) is 0 Å². The zero-order chi connectivity index (χ0) is 14.6. The van der Waals surface area contributed by atoms with Gasteiger partial charge in [0.25, 0.3) is 0 Å². The highest BCUT2D eigenvalue weighted by Crippen LogP contribution is 2.28. The van der Waals surface area contributed by atoms with E-state index in [0.29, 0.717) is 6.54 Å². The first-order valence-corrected chi connectivity index (χ1v) is 7.29. The molecular weight excluding hydrogens is 377 g/mol. The third kappa shape index (κ3) is 5.73. The fraction of sp³-hybridized carbons (Fsp3) is 0.562. The van der Waals surface area contributed by atoms with Crippen LogP contribution in [0.1, 0.15) is 33.3 Å². The number of nitrogens with one attached hydrogen (secondary N) is 2. The van der Waals surface area contributed by atoms with E-state index in [9.17, 15) is 0 Å². The number of halogens is 1. The Morgan fingerprint density at radius 1 is 1.33 bits per heavy atom. The van der Waals surface area contributed by atoms with Crippen molar-refractivity contribution >= 4 is 29.9 Å². The SMILES string of the molecule is CCNC(=NCC1Cc2ccccc2O1)NC(C)(C)C.I. The van der Waals surface area contributed by atoms with Crippen molar-refractivity contribution in [1.29, 1.82) is 0 Å². The number of ether oxygens (including phenoxy) is 1. The minimum atomic E-state index is 0. The molecule has 1 aliphatic rings. The molecular formula is C16H26IN3O. The largest absolute Gasteiger partial charge is 0.488 e. The van der Waals surface area contributed by atoms with Crippen molar-refractivity contribution in [1.82, 2.24) is 10.6 Å². The van der Waals surface area contributed by atoms with Crippen LogP contribution >= 0.6 is 24.0 Å². The van der Waals surface area contributed by atoms with Crippen molar-refractivity contribution in [3.8, 4) is 5.75 Å². The van der Waals surface area contributed by atoms with Gasteiger partial charge in [-0.05, 0) is 39.3 Å². The summed E-state index contributed by atoms with van der Waals surface area (Å²) in [6.45, 7) is 9.97. The Hall–Kier alpha value is -0.980. The summed E-state index contributed by atoms with van der Waals surface area (Å²) >= 11 is 0. The molecule has 1 unspecified atom stereocenters. The van der Waals surface area contributed by atoms with Gasteiger partial charge in [0.1, 0.15) is 11.9 Å². The molecule has 0 amide bonds. The molecule has 0 fully saturated rings. The Morgan fingerprint density at radius 3 is 2.67 bits per heavy atom. The van der Waals surface area contributed by atoms with Gasteiger partial charge in [0.05, 0.1) is 6.54 Å². The number of rotatable bonds is 3. The van der Waals surface area contributed by atoms with Gasteiger partial charge < -0.3 is 15.4 Å². The quantitative estimate of drug-likeness (QED) is 0.464. The average Bonchev–Trinajstić information content (AvgIpc) is 2.77. The average molecular weight is 403 g/mol. The zero-order valence-electron chi connectivity index (χ0n) is 13.3. The molecule has 1 aromatic rings. The molecule has 0 spiro atoms. The summed E-state index contributed by atoms with van der Waals surface area (Å²) in [7, 11) is 0. The van der Waals surface area contributed by atoms with E-state index in [1.807, 2.05) is 12.1 Å². The lowest BCUT2D eigenvalue weighted by atomic mass is 10.1. The van der Waals surface area contributed by atoms with E-state index in [-0.39, 0.29) is 35.6 Å². The molecule has 4 nitrogen and oxygen atoms in total. The molecule has 0 aliphatic carbocycles. The first-order chi connectivity index (χ1) is 9.48. The van der Waals surface area contributed by atoms with Crippen LogP contribution in [0.2, 0.25) is 0 Å². The van der Waals surface area contributed by atoms with E-state index >= 15 is 0 Å². The number of para-hydroxylation sites is 1. The van der Waals surface area contributed by atoms with Crippen molar-refractivity contribution < 1.29 is 4.74 Å². The van der Waals surface area contributed by atoms with Gasteiger partial charge in [-0.3, -0.25) is 0 Å². The predicted molar refractivity (Wildman–Crippen MR) is 98.8 cm³/mol. The van der Waals surface area contributed by atoms with Gasteiger partial charge in [0, 0.05) is 18.5 Å². The number of hydrogen-bond donors (Lipinski definition) is 2. The lowest BCUT2D eigenvalue weighted by molar-refractivity contribution is 0.241. The molecule has 0 saturated carbocycles. The Balaban J connectivity index is 0.00000220. The van der Waals surface area contributed by atoms with Crippen molar-refractivity contribution in [2.45, 2.75) is 45.8 Å². The highest BCUT2D eigenvalue weighted by Gasteiger charge is 2.22. The second-order valence-corrected chi connectivity index (χ2v) is 6.15. The molecule has 1 aromatic carbocycles. The molecule has 1 heterocycles. The molecule has 5 heteroatoms. The van der Waals surface area contributed by atoms with Crippen LogP contribution in [0.15, 0.2) is 29.3 Å². The highest BCUT2D eigenvalue weighted by atomic mass is 127. The van der Waals surface area contributed by atoms with E-state index < -0.39 is 0 Å². The van der Waals surface area contributed by atoms with E-state index in [0.717, 1.165) is 24.7 Å². The van der Waals surface area contributed by atoms with E-state index in [2.05, 4.69) is 55.5 Å². The normalized spacial score (nSPS) is 17.5. The first kappa shape index (κ1) is 18.1. The van der Waals surface area contributed by atoms with Crippen LogP contribution in [0.3, 0.4) is 0 Å². The second-order valence-electron chi connectivity index (χ2n) is 6.15. The fourth-order valence-electron chi connectivity index (χ4n) is 2.21. The van der Waals surface area contributed by atoms with Gasteiger partial charge in [-0.2, -0.15) is 0 Å². The Kier molecular flexibility index (Phi) is 6.77. The third-order valence-corrected chi connectivity index (χ3v) is 3.00. The van der Waals surface area contributed by atoms with E-state index in [4.69, 9.17) is 4.74 Å². The maximum Gasteiger partial charge on any atom is 0.191 e. The highest BCUT2D eigenvalue weighted by molar-refractivity contribution is 14.0. The monoisotopic (exact) mass is 403 g/mol.